The van der Waals surface area contributed by atoms with Crippen molar-refractivity contribution < 1.29 is 21.6 Å². The average molecular weight is 585 g/mol. The van der Waals surface area contributed by atoms with Gasteiger partial charge >= 0.3 is 0 Å². The van der Waals surface area contributed by atoms with E-state index >= 15 is 0 Å². The Labute approximate surface area is 239 Å². The Balaban J connectivity index is 1.81. The number of nitrogens with zero attached hydrogens (tertiary/aromatic N) is 1. The van der Waals surface area contributed by atoms with Crippen molar-refractivity contribution in [2.24, 2.45) is 0 Å². The number of para-hydroxylation sites is 1. The van der Waals surface area contributed by atoms with Gasteiger partial charge in [0.05, 0.1) is 28.6 Å². The molecule has 0 fully saturated rings. The second-order valence-corrected chi connectivity index (χ2v) is 16.1. The van der Waals surface area contributed by atoms with Crippen LogP contribution in [0.1, 0.15) is 63.8 Å². The van der Waals surface area contributed by atoms with Crippen molar-refractivity contribution in [3.63, 3.8) is 0 Å². The molecule has 1 heterocycles. The first kappa shape index (κ1) is 30.1. The zero-order valence-corrected chi connectivity index (χ0v) is 26.2. The van der Waals surface area contributed by atoms with Gasteiger partial charge in [0.2, 0.25) is 10.0 Å². The molecule has 1 aliphatic rings. The number of ether oxygens (including phenoxy) is 1. The summed E-state index contributed by atoms with van der Waals surface area (Å²) in [7, 11) is -6.31. The quantitative estimate of drug-likeness (QED) is 0.385. The van der Waals surface area contributed by atoms with E-state index in [1.807, 2.05) is 60.6 Å². The molecule has 0 bridgehead atoms. The highest BCUT2D eigenvalue weighted by atomic mass is 32.2. The maximum atomic E-state index is 14.5. The van der Waals surface area contributed by atoms with Gasteiger partial charge in [-0.25, -0.2) is 21.6 Å². The first-order valence-electron chi connectivity index (χ1n) is 13.4. The van der Waals surface area contributed by atoms with Crippen LogP contribution in [0.5, 0.6) is 5.75 Å². The van der Waals surface area contributed by atoms with Crippen LogP contribution in [0.4, 0.5) is 5.69 Å². The van der Waals surface area contributed by atoms with E-state index in [2.05, 4.69) is 4.72 Å². The predicted octanol–water partition coefficient (Wildman–Crippen LogP) is 5.70. The summed E-state index contributed by atoms with van der Waals surface area (Å²) in [4.78, 5) is 0.300. The Hall–Kier alpha value is -2.88. The van der Waals surface area contributed by atoms with Gasteiger partial charge in [-0.2, -0.15) is 0 Å². The Kier molecular flexibility index (Phi) is 7.90. The van der Waals surface area contributed by atoms with Crippen molar-refractivity contribution in [1.82, 2.24) is 4.72 Å². The Morgan fingerprint density at radius 1 is 0.850 bits per heavy atom. The van der Waals surface area contributed by atoms with Crippen LogP contribution < -0.4 is 13.8 Å². The molecular weight excluding hydrogens is 544 g/mol. The molecule has 216 valence electrons. The molecule has 3 aromatic rings. The molecule has 0 aliphatic carbocycles. The highest BCUT2D eigenvalue weighted by Crippen LogP contribution is 2.43. The zero-order valence-electron chi connectivity index (χ0n) is 24.6. The average Bonchev–Trinajstić information content (AvgIpc) is 3.25. The van der Waals surface area contributed by atoms with Gasteiger partial charge in [0.15, 0.2) is 0 Å². The number of sulfonamides is 2. The van der Waals surface area contributed by atoms with Crippen LogP contribution in [0, 0.1) is 6.92 Å². The van der Waals surface area contributed by atoms with Gasteiger partial charge in [-0.3, -0.25) is 4.31 Å². The van der Waals surface area contributed by atoms with E-state index in [-0.39, 0.29) is 27.2 Å². The van der Waals surface area contributed by atoms with E-state index in [0.717, 1.165) is 22.3 Å². The van der Waals surface area contributed by atoms with Gasteiger partial charge in [0.1, 0.15) is 5.75 Å². The van der Waals surface area contributed by atoms with Crippen molar-refractivity contribution in [3.05, 3.63) is 82.9 Å². The van der Waals surface area contributed by atoms with E-state index < -0.39 is 26.1 Å². The minimum Gasteiger partial charge on any atom is -0.496 e. The second-order valence-electron chi connectivity index (χ2n) is 12.5. The zero-order chi connectivity index (χ0) is 29.7. The van der Waals surface area contributed by atoms with E-state index in [0.29, 0.717) is 17.9 Å². The summed E-state index contributed by atoms with van der Waals surface area (Å²) in [6.45, 7) is 14.0. The summed E-state index contributed by atoms with van der Waals surface area (Å²) < 4.78 is 65.1. The molecule has 0 amide bonds. The molecule has 0 saturated heterocycles. The number of anilines is 1. The van der Waals surface area contributed by atoms with Crippen molar-refractivity contribution in [1.29, 1.82) is 0 Å². The molecule has 40 heavy (non-hydrogen) atoms. The van der Waals surface area contributed by atoms with E-state index in [1.165, 1.54) is 4.31 Å². The number of benzene rings is 3. The van der Waals surface area contributed by atoms with Crippen molar-refractivity contribution in [3.8, 4) is 5.75 Å². The molecule has 3 aromatic carbocycles. The topological polar surface area (TPSA) is 92.8 Å². The SMILES string of the molecule is COc1c(C(C)(C)C)cc(S(=O)(=O)N2c3ccccc3CC2CNS(=O)(=O)c2ccc(C)cc2)cc1C(C)(C)C. The van der Waals surface area contributed by atoms with Gasteiger partial charge in [0.25, 0.3) is 10.0 Å². The monoisotopic (exact) mass is 584 g/mol. The molecule has 0 spiro atoms. The fourth-order valence-corrected chi connectivity index (χ4v) is 7.93. The molecule has 1 atom stereocenters. The standard InChI is InChI=1S/C31H40N2O5S2/c1-21-13-15-24(16-14-21)39(34,35)32-20-23-17-22-11-9-10-12-28(22)33(23)40(36,37)25-18-26(30(2,3)4)29(38-8)27(19-25)31(5,6)7/h9-16,18-19,23,32H,17,20H2,1-8H3. The largest absolute Gasteiger partial charge is 0.496 e. The predicted molar refractivity (Wildman–Crippen MR) is 160 cm³/mol. The van der Waals surface area contributed by atoms with Gasteiger partial charge in [0, 0.05) is 17.7 Å². The molecular formula is C31H40N2O5S2. The normalized spacial score (nSPS) is 16.2. The Bertz CT molecular complexity index is 1580. The summed E-state index contributed by atoms with van der Waals surface area (Å²) in [5.74, 6) is 0.683. The minimum absolute atomic E-state index is 0.0709. The molecule has 0 aromatic heterocycles. The van der Waals surface area contributed by atoms with E-state index in [4.69, 9.17) is 4.74 Å². The molecule has 1 aliphatic heterocycles. The number of nitrogens with one attached hydrogen (secondary N) is 1. The van der Waals surface area contributed by atoms with Gasteiger partial charge in [-0.05, 0) is 60.1 Å². The summed E-state index contributed by atoms with van der Waals surface area (Å²) in [6.07, 6.45) is 0.389. The van der Waals surface area contributed by atoms with E-state index in [9.17, 15) is 16.8 Å². The molecule has 0 saturated carbocycles. The fraction of sp³-hybridized carbons (Fsp3) is 0.419. The van der Waals surface area contributed by atoms with Gasteiger partial charge in [-0.1, -0.05) is 77.4 Å². The fourth-order valence-electron chi connectivity index (χ4n) is 5.12. The minimum atomic E-state index is -4.09. The number of aryl methyl sites for hydroxylation is 1. The first-order valence-corrected chi connectivity index (χ1v) is 16.3. The van der Waals surface area contributed by atoms with Crippen molar-refractivity contribution in [2.75, 3.05) is 18.0 Å². The van der Waals surface area contributed by atoms with Crippen LogP contribution in [0.2, 0.25) is 0 Å². The smallest absolute Gasteiger partial charge is 0.264 e. The third-order valence-electron chi connectivity index (χ3n) is 7.30. The Morgan fingerprint density at radius 2 is 1.40 bits per heavy atom. The number of hydrogen-bond donors (Lipinski definition) is 1. The lowest BCUT2D eigenvalue weighted by Gasteiger charge is -2.32. The number of hydrogen-bond acceptors (Lipinski definition) is 5. The molecule has 7 nitrogen and oxygen atoms in total. The highest BCUT2D eigenvalue weighted by Gasteiger charge is 2.40. The number of fused-ring (bicyclic) bond motifs is 1. The van der Waals surface area contributed by atoms with Crippen LogP contribution in [0.25, 0.3) is 0 Å². The summed E-state index contributed by atoms with van der Waals surface area (Å²) in [6, 6.07) is 16.7. The molecule has 9 heteroatoms. The summed E-state index contributed by atoms with van der Waals surface area (Å²) in [5, 5.41) is 0. The maximum absolute atomic E-state index is 14.5. The molecule has 0 radical (unpaired) electrons. The van der Waals surface area contributed by atoms with Crippen LogP contribution in [-0.2, 0) is 37.3 Å². The highest BCUT2D eigenvalue weighted by molar-refractivity contribution is 7.93. The lowest BCUT2D eigenvalue weighted by atomic mass is 9.79. The van der Waals surface area contributed by atoms with Crippen molar-refractivity contribution >= 4 is 25.7 Å². The summed E-state index contributed by atoms with van der Waals surface area (Å²) in [5.41, 5.74) is 3.19. The van der Waals surface area contributed by atoms with Crippen LogP contribution in [-0.4, -0.2) is 36.5 Å². The van der Waals surface area contributed by atoms with Gasteiger partial charge < -0.3 is 4.74 Å². The second kappa shape index (κ2) is 10.5. The lowest BCUT2D eigenvalue weighted by Crippen LogP contribution is -2.45. The summed E-state index contributed by atoms with van der Waals surface area (Å²) >= 11 is 0. The Morgan fingerprint density at radius 3 is 1.93 bits per heavy atom. The van der Waals surface area contributed by atoms with Crippen LogP contribution in [0.3, 0.4) is 0 Å². The van der Waals surface area contributed by atoms with Crippen molar-refractivity contribution in [2.45, 2.75) is 81.5 Å². The lowest BCUT2D eigenvalue weighted by molar-refractivity contribution is 0.380. The maximum Gasteiger partial charge on any atom is 0.264 e. The number of methoxy groups -OCH3 is 1. The van der Waals surface area contributed by atoms with Gasteiger partial charge in [-0.15, -0.1) is 0 Å². The first-order chi connectivity index (χ1) is 18.5. The molecule has 1 N–H and O–H groups in total. The third kappa shape index (κ3) is 5.78. The molecule has 4 rings (SSSR count). The van der Waals surface area contributed by atoms with Crippen LogP contribution in [0.15, 0.2) is 70.5 Å². The number of rotatable bonds is 7. The van der Waals surface area contributed by atoms with Crippen LogP contribution >= 0.6 is 0 Å². The molecule has 1 unspecified atom stereocenters. The van der Waals surface area contributed by atoms with E-state index in [1.54, 1.807) is 55.6 Å². The third-order valence-corrected chi connectivity index (χ3v) is 10.6.